The van der Waals surface area contributed by atoms with Crippen LogP contribution in [0, 0.1) is 5.92 Å². The molecule has 3 N–H and O–H groups in total. The predicted octanol–water partition coefficient (Wildman–Crippen LogP) is -0.597. The third-order valence-electron chi connectivity index (χ3n) is 2.32. The molecule has 1 heterocycles. The number of hydrogen-bond donors (Lipinski definition) is 2. The van der Waals surface area contributed by atoms with E-state index in [9.17, 15) is 9.59 Å². The Morgan fingerprint density at radius 1 is 1.71 bits per heavy atom. The number of nitrogens with one attached hydrogen (secondary N) is 1. The fraction of sp³-hybridized carbons (Fsp3) is 0.778. The van der Waals surface area contributed by atoms with Crippen LogP contribution in [0.5, 0.6) is 0 Å². The molecule has 0 aromatic rings. The molecule has 1 amide bonds. The van der Waals surface area contributed by atoms with Gasteiger partial charge in [-0.05, 0) is 6.42 Å². The highest BCUT2D eigenvalue weighted by Crippen LogP contribution is 2.23. The molecule has 0 bridgehead atoms. The van der Waals surface area contributed by atoms with Gasteiger partial charge in [0, 0.05) is 19.5 Å². The number of rotatable bonds is 4. The first-order valence-electron chi connectivity index (χ1n) is 4.87. The Morgan fingerprint density at radius 3 is 2.93 bits per heavy atom. The topological polar surface area (TPSA) is 81.4 Å². The lowest BCUT2D eigenvalue weighted by Crippen LogP contribution is -2.37. The Kier molecular flexibility index (Phi) is 3.88. The van der Waals surface area contributed by atoms with Gasteiger partial charge in [0.2, 0.25) is 0 Å². The second-order valence-electron chi connectivity index (χ2n) is 3.35. The van der Waals surface area contributed by atoms with E-state index in [4.69, 9.17) is 10.5 Å². The highest BCUT2D eigenvalue weighted by Gasteiger charge is 2.37. The quantitative estimate of drug-likeness (QED) is 0.594. The summed E-state index contributed by atoms with van der Waals surface area (Å²) < 4.78 is 4.93. The lowest BCUT2D eigenvalue weighted by Gasteiger charge is -2.08. The average molecular weight is 200 g/mol. The van der Waals surface area contributed by atoms with E-state index in [2.05, 4.69) is 5.32 Å². The van der Waals surface area contributed by atoms with Crippen LogP contribution < -0.4 is 11.1 Å². The van der Waals surface area contributed by atoms with Crippen LogP contribution in [0.15, 0.2) is 0 Å². The van der Waals surface area contributed by atoms with Crippen molar-refractivity contribution in [2.24, 2.45) is 11.7 Å². The summed E-state index contributed by atoms with van der Waals surface area (Å²) in [5.74, 6) is -0.622. The van der Waals surface area contributed by atoms with Crippen LogP contribution >= 0.6 is 0 Å². The van der Waals surface area contributed by atoms with Crippen LogP contribution in [0.1, 0.15) is 19.8 Å². The van der Waals surface area contributed by atoms with Gasteiger partial charge in [-0.25, -0.2) is 0 Å². The number of carbonyl (C=O) groups is 2. The Balaban J connectivity index is 2.40. The highest BCUT2D eigenvalue weighted by molar-refractivity contribution is 5.87. The number of carbonyl (C=O) groups excluding carboxylic acids is 2. The van der Waals surface area contributed by atoms with Gasteiger partial charge < -0.3 is 15.8 Å². The molecular formula is C9H16N2O3. The maximum absolute atomic E-state index is 11.4. The van der Waals surface area contributed by atoms with Crippen molar-refractivity contribution in [1.29, 1.82) is 0 Å². The predicted molar refractivity (Wildman–Crippen MR) is 50.3 cm³/mol. The maximum atomic E-state index is 11.4. The van der Waals surface area contributed by atoms with Gasteiger partial charge in [0.15, 0.2) is 6.10 Å². The van der Waals surface area contributed by atoms with E-state index in [-0.39, 0.29) is 17.8 Å². The van der Waals surface area contributed by atoms with Gasteiger partial charge in [-0.15, -0.1) is 0 Å². The molecule has 0 aliphatic carbocycles. The Morgan fingerprint density at radius 2 is 2.43 bits per heavy atom. The Bertz CT molecular complexity index is 230. The summed E-state index contributed by atoms with van der Waals surface area (Å²) in [7, 11) is 0. The first-order chi connectivity index (χ1) is 6.69. The lowest BCUT2D eigenvalue weighted by molar-refractivity contribution is -0.149. The molecule has 2 atom stereocenters. The van der Waals surface area contributed by atoms with E-state index in [0.717, 1.165) is 6.42 Å². The molecule has 1 aliphatic rings. The summed E-state index contributed by atoms with van der Waals surface area (Å²) in [6.07, 6.45) is 0.601. The fourth-order valence-electron chi connectivity index (χ4n) is 1.44. The van der Waals surface area contributed by atoms with Crippen molar-refractivity contribution >= 4 is 11.9 Å². The largest absolute Gasteiger partial charge is 0.452 e. The minimum atomic E-state index is -0.612. The van der Waals surface area contributed by atoms with E-state index < -0.39 is 6.10 Å². The van der Waals surface area contributed by atoms with Crippen molar-refractivity contribution in [2.75, 3.05) is 13.1 Å². The van der Waals surface area contributed by atoms with Gasteiger partial charge in [0.05, 0.1) is 5.92 Å². The number of ether oxygens (including phenoxy) is 1. The summed E-state index contributed by atoms with van der Waals surface area (Å²) >= 11 is 0. The molecule has 1 fully saturated rings. The second-order valence-corrected chi connectivity index (χ2v) is 3.35. The monoisotopic (exact) mass is 200 g/mol. The van der Waals surface area contributed by atoms with E-state index in [1.54, 1.807) is 0 Å². The summed E-state index contributed by atoms with van der Waals surface area (Å²) in [6, 6.07) is 0. The number of esters is 1. The van der Waals surface area contributed by atoms with Gasteiger partial charge in [-0.1, -0.05) is 6.92 Å². The minimum Gasteiger partial charge on any atom is -0.452 e. The minimum absolute atomic E-state index is 0.122. The van der Waals surface area contributed by atoms with E-state index in [0.29, 0.717) is 19.5 Å². The van der Waals surface area contributed by atoms with Crippen molar-refractivity contribution in [3.63, 3.8) is 0 Å². The van der Waals surface area contributed by atoms with Gasteiger partial charge >= 0.3 is 5.97 Å². The maximum Gasteiger partial charge on any atom is 0.309 e. The van der Waals surface area contributed by atoms with E-state index in [1.165, 1.54) is 0 Å². The molecule has 14 heavy (non-hydrogen) atoms. The molecule has 0 spiro atoms. The van der Waals surface area contributed by atoms with Gasteiger partial charge in [-0.2, -0.15) is 0 Å². The average Bonchev–Trinajstić information content (AvgIpc) is 2.56. The molecule has 0 radical (unpaired) electrons. The van der Waals surface area contributed by atoms with Crippen LogP contribution in [0.3, 0.4) is 0 Å². The molecule has 1 saturated heterocycles. The first kappa shape index (κ1) is 11.0. The molecule has 0 aromatic carbocycles. The lowest BCUT2D eigenvalue weighted by atomic mass is 10.0. The fourth-order valence-corrected chi connectivity index (χ4v) is 1.44. The van der Waals surface area contributed by atoms with Crippen LogP contribution in [-0.2, 0) is 14.3 Å². The van der Waals surface area contributed by atoms with Gasteiger partial charge in [-0.3, -0.25) is 9.59 Å². The van der Waals surface area contributed by atoms with Crippen molar-refractivity contribution in [2.45, 2.75) is 25.9 Å². The molecular weight excluding hydrogens is 184 g/mol. The summed E-state index contributed by atoms with van der Waals surface area (Å²) in [5.41, 5.74) is 5.23. The van der Waals surface area contributed by atoms with Gasteiger partial charge in [0.1, 0.15) is 0 Å². The molecule has 80 valence electrons. The van der Waals surface area contributed by atoms with E-state index in [1.807, 2.05) is 6.92 Å². The van der Waals surface area contributed by atoms with E-state index >= 15 is 0 Å². The smallest absolute Gasteiger partial charge is 0.309 e. The number of hydrogen-bond acceptors (Lipinski definition) is 4. The summed E-state index contributed by atoms with van der Waals surface area (Å²) in [6.45, 7) is 2.72. The Labute approximate surface area is 83.0 Å². The zero-order chi connectivity index (χ0) is 10.6. The molecule has 0 aromatic heterocycles. The molecule has 1 rings (SSSR count). The van der Waals surface area contributed by atoms with Crippen molar-refractivity contribution in [1.82, 2.24) is 5.32 Å². The van der Waals surface area contributed by atoms with Crippen molar-refractivity contribution in [3.8, 4) is 0 Å². The zero-order valence-electron chi connectivity index (χ0n) is 8.29. The van der Waals surface area contributed by atoms with Crippen LogP contribution in [0.4, 0.5) is 0 Å². The molecule has 2 unspecified atom stereocenters. The van der Waals surface area contributed by atoms with Crippen molar-refractivity contribution in [3.05, 3.63) is 0 Å². The number of cyclic esters (lactones) is 1. The van der Waals surface area contributed by atoms with Crippen LogP contribution in [0.2, 0.25) is 0 Å². The van der Waals surface area contributed by atoms with Crippen molar-refractivity contribution < 1.29 is 14.3 Å². The molecule has 0 saturated carbocycles. The first-order valence-corrected chi connectivity index (χ1v) is 4.87. The standard InChI is InChI=1S/C9H16N2O3/c1-2-6-5-7(14-9(6)13)8(12)11-4-3-10/h6-7H,2-5,10H2,1H3,(H,11,12). The summed E-state index contributed by atoms with van der Waals surface area (Å²) in [4.78, 5) is 22.5. The Hall–Kier alpha value is -1.10. The third kappa shape index (κ3) is 2.45. The summed E-state index contributed by atoms with van der Waals surface area (Å²) in [5, 5.41) is 2.60. The normalized spacial score (nSPS) is 26.0. The molecule has 1 aliphatic heterocycles. The zero-order valence-corrected chi connectivity index (χ0v) is 8.29. The SMILES string of the molecule is CCC1CC(C(=O)NCCN)OC1=O. The van der Waals surface area contributed by atoms with Gasteiger partial charge in [0.25, 0.3) is 5.91 Å². The number of nitrogens with two attached hydrogens (primary N) is 1. The molecule has 5 nitrogen and oxygen atoms in total. The van der Waals surface area contributed by atoms with Crippen LogP contribution in [-0.4, -0.2) is 31.1 Å². The molecule has 5 heteroatoms. The third-order valence-corrected chi connectivity index (χ3v) is 2.32. The van der Waals surface area contributed by atoms with Crippen LogP contribution in [0.25, 0.3) is 0 Å². The number of amides is 1. The highest BCUT2D eigenvalue weighted by atomic mass is 16.6. The second kappa shape index (κ2) is 4.95.